The van der Waals surface area contributed by atoms with Crippen molar-refractivity contribution < 1.29 is 21.6 Å². The number of nitrogens with zero attached hydrogens (tertiary/aromatic N) is 1. The summed E-state index contributed by atoms with van der Waals surface area (Å²) in [4.78, 5) is 0.147. The van der Waals surface area contributed by atoms with Gasteiger partial charge in [-0.15, -0.1) is 0 Å². The number of nitrogens with one attached hydrogen (secondary N) is 1. The van der Waals surface area contributed by atoms with Crippen LogP contribution >= 0.6 is 11.6 Å². The van der Waals surface area contributed by atoms with E-state index in [1.165, 1.54) is 35.7 Å². The van der Waals surface area contributed by atoms with Crippen molar-refractivity contribution in [3.63, 3.8) is 0 Å². The van der Waals surface area contributed by atoms with E-state index < -0.39 is 20.0 Å². The van der Waals surface area contributed by atoms with E-state index >= 15 is 0 Å². The molecule has 0 atom stereocenters. The summed E-state index contributed by atoms with van der Waals surface area (Å²) in [5, 5.41) is 0.276. The van der Waals surface area contributed by atoms with Gasteiger partial charge in [0.05, 0.1) is 12.0 Å². The van der Waals surface area contributed by atoms with Crippen molar-refractivity contribution in [2.75, 3.05) is 20.2 Å². The molecular formula is C18H21ClN2O5S2. The van der Waals surface area contributed by atoms with Gasteiger partial charge < -0.3 is 4.74 Å². The molecule has 10 heteroatoms. The van der Waals surface area contributed by atoms with E-state index in [0.717, 1.165) is 12.8 Å². The monoisotopic (exact) mass is 444 g/mol. The Hall–Kier alpha value is -1.65. The number of methoxy groups -OCH3 is 1. The van der Waals surface area contributed by atoms with E-state index in [9.17, 15) is 16.8 Å². The van der Waals surface area contributed by atoms with E-state index in [1.807, 2.05) is 0 Å². The summed E-state index contributed by atoms with van der Waals surface area (Å²) < 4.78 is 59.3. The van der Waals surface area contributed by atoms with Gasteiger partial charge in [0.15, 0.2) is 0 Å². The number of hydrogen-bond acceptors (Lipinski definition) is 5. The maximum Gasteiger partial charge on any atom is 0.244 e. The predicted molar refractivity (Wildman–Crippen MR) is 106 cm³/mol. The van der Waals surface area contributed by atoms with Gasteiger partial charge in [-0.3, -0.25) is 0 Å². The second-order valence-corrected chi connectivity index (χ2v) is 10.5. The molecule has 0 radical (unpaired) electrons. The average Bonchev–Trinajstić information content (AvgIpc) is 3.22. The smallest absolute Gasteiger partial charge is 0.244 e. The largest absolute Gasteiger partial charge is 0.495 e. The van der Waals surface area contributed by atoms with Crippen LogP contribution in [0, 0.1) is 0 Å². The van der Waals surface area contributed by atoms with Crippen LogP contribution in [0.4, 0.5) is 0 Å². The molecule has 2 aromatic rings. The topological polar surface area (TPSA) is 92.8 Å². The Kier molecular flexibility index (Phi) is 6.31. The lowest BCUT2D eigenvalue weighted by molar-refractivity contribution is 0.402. The number of halogens is 1. The number of ether oxygens (including phenoxy) is 1. The summed E-state index contributed by atoms with van der Waals surface area (Å²) in [6, 6.07) is 10.5. The Balaban J connectivity index is 1.74. The second kappa shape index (κ2) is 8.38. The first-order chi connectivity index (χ1) is 13.2. The third-order valence-electron chi connectivity index (χ3n) is 4.51. The van der Waals surface area contributed by atoms with Gasteiger partial charge in [-0.2, -0.15) is 4.31 Å². The molecular weight excluding hydrogens is 424 g/mol. The van der Waals surface area contributed by atoms with Crippen LogP contribution in [-0.4, -0.2) is 41.3 Å². The minimum Gasteiger partial charge on any atom is -0.495 e. The molecule has 1 heterocycles. The Morgan fingerprint density at radius 2 is 1.68 bits per heavy atom. The third kappa shape index (κ3) is 4.49. The molecule has 0 aromatic heterocycles. The summed E-state index contributed by atoms with van der Waals surface area (Å²) in [5.41, 5.74) is 0.630. The maximum atomic E-state index is 12.6. The lowest BCUT2D eigenvalue weighted by Gasteiger charge is -2.15. The molecule has 7 nitrogen and oxygen atoms in total. The molecule has 0 spiro atoms. The Morgan fingerprint density at radius 1 is 1.04 bits per heavy atom. The summed E-state index contributed by atoms with van der Waals surface area (Å²) in [7, 11) is -5.98. The zero-order valence-corrected chi connectivity index (χ0v) is 17.6. The molecule has 1 saturated heterocycles. The molecule has 2 aromatic carbocycles. The molecule has 0 bridgehead atoms. The van der Waals surface area contributed by atoms with E-state index in [2.05, 4.69) is 4.72 Å². The molecule has 0 unspecified atom stereocenters. The van der Waals surface area contributed by atoms with Gasteiger partial charge in [-0.1, -0.05) is 23.7 Å². The fourth-order valence-electron chi connectivity index (χ4n) is 2.97. The van der Waals surface area contributed by atoms with Gasteiger partial charge >= 0.3 is 0 Å². The molecule has 0 aliphatic carbocycles. The van der Waals surface area contributed by atoms with Crippen LogP contribution in [0.1, 0.15) is 18.4 Å². The quantitative estimate of drug-likeness (QED) is 0.708. The van der Waals surface area contributed by atoms with E-state index in [1.54, 1.807) is 18.2 Å². The number of rotatable bonds is 7. The number of hydrogen-bond donors (Lipinski definition) is 1. The highest BCUT2D eigenvalue weighted by Gasteiger charge is 2.27. The molecule has 1 aliphatic heterocycles. The summed E-state index contributed by atoms with van der Waals surface area (Å²) in [6.07, 6.45) is 1.73. The fourth-order valence-corrected chi connectivity index (χ4v) is 5.94. The highest BCUT2D eigenvalue weighted by molar-refractivity contribution is 7.89. The van der Waals surface area contributed by atoms with Crippen molar-refractivity contribution in [3.05, 3.63) is 53.1 Å². The van der Waals surface area contributed by atoms with Crippen LogP contribution in [0.25, 0.3) is 0 Å². The Labute approximate surface area is 170 Å². The molecule has 1 aliphatic rings. The molecule has 0 amide bonds. The van der Waals surface area contributed by atoms with E-state index in [0.29, 0.717) is 18.7 Å². The van der Waals surface area contributed by atoms with E-state index in [-0.39, 0.29) is 27.1 Å². The third-order valence-corrected chi connectivity index (χ3v) is 8.08. The standard InChI is InChI=1S/C18H21ClN2O5S2/c1-26-17-9-6-15(19)12-18(17)27(22,23)20-13-14-4-7-16(8-5-14)28(24,25)21-10-2-3-11-21/h4-9,12,20H,2-3,10-11,13H2,1H3. The SMILES string of the molecule is COc1ccc(Cl)cc1S(=O)(=O)NCc1ccc(S(=O)(=O)N2CCCC2)cc1. The minimum absolute atomic E-state index is 0.00203. The van der Waals surface area contributed by atoms with Crippen molar-refractivity contribution in [2.24, 2.45) is 0 Å². The molecule has 0 saturated carbocycles. The van der Waals surface area contributed by atoms with Gasteiger partial charge in [-0.05, 0) is 48.7 Å². The van der Waals surface area contributed by atoms with Crippen LogP contribution < -0.4 is 9.46 Å². The van der Waals surface area contributed by atoms with E-state index in [4.69, 9.17) is 16.3 Å². The van der Waals surface area contributed by atoms with Crippen molar-refractivity contribution in [2.45, 2.75) is 29.2 Å². The van der Waals surface area contributed by atoms with Gasteiger partial charge in [0.25, 0.3) is 0 Å². The molecule has 1 fully saturated rings. The maximum absolute atomic E-state index is 12.6. The minimum atomic E-state index is -3.86. The first kappa shape index (κ1) is 21.1. The van der Waals surface area contributed by atoms with Gasteiger partial charge in [0.2, 0.25) is 20.0 Å². The predicted octanol–water partition coefficient (Wildman–Crippen LogP) is 2.61. The Morgan fingerprint density at radius 3 is 2.29 bits per heavy atom. The second-order valence-electron chi connectivity index (χ2n) is 6.37. The van der Waals surface area contributed by atoms with Crippen molar-refractivity contribution in [1.82, 2.24) is 9.03 Å². The zero-order valence-electron chi connectivity index (χ0n) is 15.3. The van der Waals surface area contributed by atoms with Crippen LogP contribution in [-0.2, 0) is 26.6 Å². The first-order valence-corrected chi connectivity index (χ1v) is 12.0. The molecule has 152 valence electrons. The summed E-state index contributed by atoms with van der Waals surface area (Å²) >= 11 is 5.90. The number of benzene rings is 2. The molecule has 1 N–H and O–H groups in total. The normalized spacial score (nSPS) is 15.6. The zero-order chi connectivity index (χ0) is 20.4. The fraction of sp³-hybridized carbons (Fsp3) is 0.333. The molecule has 3 rings (SSSR count). The van der Waals surface area contributed by atoms with Gasteiger partial charge in [0.1, 0.15) is 10.6 Å². The van der Waals surface area contributed by atoms with Crippen LogP contribution in [0.2, 0.25) is 5.02 Å². The average molecular weight is 445 g/mol. The van der Waals surface area contributed by atoms with Crippen molar-refractivity contribution >= 4 is 31.6 Å². The lowest BCUT2D eigenvalue weighted by atomic mass is 10.2. The lowest BCUT2D eigenvalue weighted by Crippen LogP contribution is -2.28. The van der Waals surface area contributed by atoms with Gasteiger partial charge in [-0.25, -0.2) is 21.6 Å². The van der Waals surface area contributed by atoms with Gasteiger partial charge in [0, 0.05) is 24.7 Å². The van der Waals surface area contributed by atoms with Crippen LogP contribution in [0.3, 0.4) is 0 Å². The molecule has 28 heavy (non-hydrogen) atoms. The highest BCUT2D eigenvalue weighted by Crippen LogP contribution is 2.27. The van der Waals surface area contributed by atoms with Crippen molar-refractivity contribution in [3.8, 4) is 5.75 Å². The summed E-state index contributed by atoms with van der Waals surface area (Å²) in [5.74, 6) is 0.184. The highest BCUT2D eigenvalue weighted by atomic mass is 35.5. The van der Waals surface area contributed by atoms with Crippen LogP contribution in [0.5, 0.6) is 5.75 Å². The Bertz CT molecular complexity index is 1050. The first-order valence-electron chi connectivity index (χ1n) is 8.66. The van der Waals surface area contributed by atoms with Crippen molar-refractivity contribution in [1.29, 1.82) is 0 Å². The number of sulfonamides is 2. The summed E-state index contributed by atoms with van der Waals surface area (Å²) in [6.45, 7) is 1.07. The van der Waals surface area contributed by atoms with Crippen LogP contribution in [0.15, 0.2) is 52.3 Å².